The van der Waals surface area contributed by atoms with Gasteiger partial charge in [-0.05, 0) is 25.0 Å². The number of rotatable bonds is 8. The van der Waals surface area contributed by atoms with Crippen LogP contribution in [0.15, 0.2) is 18.2 Å². The van der Waals surface area contributed by atoms with Crippen LogP contribution in [0.4, 0.5) is 10.1 Å². The first-order valence-electron chi connectivity index (χ1n) is 6.53. The van der Waals surface area contributed by atoms with E-state index in [1.807, 2.05) is 0 Å². The first kappa shape index (κ1) is 15.2. The summed E-state index contributed by atoms with van der Waals surface area (Å²) in [5.41, 5.74) is -0.475. The van der Waals surface area contributed by atoms with E-state index in [1.165, 1.54) is 0 Å². The molecule has 114 valence electrons. The molecule has 0 spiro atoms. The highest BCUT2D eigenvalue weighted by Gasteiger charge is 2.28. The fourth-order valence-electron chi connectivity index (χ4n) is 1.85. The molecule has 1 aliphatic carbocycles. The number of nitrogens with one attached hydrogen (secondary N) is 1. The number of nitrogens with zero attached hydrogens (tertiary/aromatic N) is 1. The number of carboxylic acids is 1. The Morgan fingerprint density at radius 3 is 2.86 bits per heavy atom. The topological polar surface area (TPSA) is 102 Å². The number of aliphatic carboxylic acids is 1. The van der Waals surface area contributed by atoms with E-state index in [9.17, 15) is 19.3 Å². The zero-order valence-electron chi connectivity index (χ0n) is 11.1. The van der Waals surface area contributed by atoms with E-state index in [0.717, 1.165) is 31.0 Å². The fraction of sp³-hybridized carbons (Fsp3) is 0.462. The molecule has 1 atom stereocenters. The minimum Gasteiger partial charge on any atom is -0.487 e. The lowest BCUT2D eigenvalue weighted by Gasteiger charge is -2.14. The molecule has 2 N–H and O–H groups in total. The molecule has 0 saturated heterocycles. The van der Waals surface area contributed by atoms with Gasteiger partial charge < -0.3 is 15.2 Å². The van der Waals surface area contributed by atoms with E-state index in [2.05, 4.69) is 5.32 Å². The van der Waals surface area contributed by atoms with Crippen LogP contribution in [0.3, 0.4) is 0 Å². The molecule has 1 aromatic carbocycles. The summed E-state index contributed by atoms with van der Waals surface area (Å²) in [4.78, 5) is 21.1. The third kappa shape index (κ3) is 4.38. The van der Waals surface area contributed by atoms with Crippen LogP contribution in [-0.4, -0.2) is 34.7 Å². The average Bonchev–Trinajstić information content (AvgIpc) is 3.22. The van der Waals surface area contributed by atoms with Crippen molar-refractivity contribution in [2.45, 2.75) is 31.3 Å². The highest BCUT2D eigenvalue weighted by Crippen LogP contribution is 2.27. The summed E-state index contributed by atoms with van der Waals surface area (Å²) in [5.74, 6) is -1.79. The molecule has 1 aliphatic rings. The molecule has 0 heterocycles. The second kappa shape index (κ2) is 6.49. The molecule has 1 fully saturated rings. The van der Waals surface area contributed by atoms with Gasteiger partial charge in [0.25, 0.3) is 0 Å². The summed E-state index contributed by atoms with van der Waals surface area (Å²) >= 11 is 0. The van der Waals surface area contributed by atoms with Crippen molar-refractivity contribution in [2.24, 2.45) is 0 Å². The third-order valence-corrected chi connectivity index (χ3v) is 3.09. The van der Waals surface area contributed by atoms with E-state index in [1.54, 1.807) is 0 Å². The van der Waals surface area contributed by atoms with Crippen molar-refractivity contribution in [2.75, 3.05) is 6.61 Å². The van der Waals surface area contributed by atoms with Gasteiger partial charge in [-0.3, -0.25) is 14.9 Å². The summed E-state index contributed by atoms with van der Waals surface area (Å²) in [6, 6.07) is 2.46. The Hall–Kier alpha value is -2.22. The summed E-state index contributed by atoms with van der Waals surface area (Å²) in [6.45, 7) is -0.0108. The monoisotopic (exact) mass is 298 g/mol. The fourth-order valence-corrected chi connectivity index (χ4v) is 1.85. The third-order valence-electron chi connectivity index (χ3n) is 3.09. The van der Waals surface area contributed by atoms with E-state index in [0.29, 0.717) is 0 Å². The average molecular weight is 298 g/mol. The van der Waals surface area contributed by atoms with Crippen LogP contribution < -0.4 is 10.1 Å². The van der Waals surface area contributed by atoms with Gasteiger partial charge in [0.1, 0.15) is 11.9 Å². The number of hydrogen-bond donors (Lipinski definition) is 2. The Kier molecular flexibility index (Phi) is 4.69. The van der Waals surface area contributed by atoms with Crippen LogP contribution >= 0.6 is 0 Å². The van der Waals surface area contributed by atoms with Crippen molar-refractivity contribution in [3.05, 3.63) is 34.1 Å². The second-order valence-electron chi connectivity index (χ2n) is 4.84. The minimum atomic E-state index is -0.987. The first-order chi connectivity index (χ1) is 9.97. The standard InChI is InChI=1S/C13H15FN2O5/c14-8-1-4-12(11(7-8)16(19)20)21-6-5-10(13(17)18)15-9-2-3-9/h1,4,7,9-10,15H,2-3,5-6H2,(H,17,18). The molecule has 21 heavy (non-hydrogen) atoms. The van der Waals surface area contributed by atoms with E-state index >= 15 is 0 Å². The highest BCUT2D eigenvalue weighted by atomic mass is 19.1. The Labute approximate surface area is 119 Å². The molecule has 2 rings (SSSR count). The Morgan fingerprint density at radius 2 is 2.29 bits per heavy atom. The number of carbonyl (C=O) groups is 1. The maximum atomic E-state index is 13.0. The summed E-state index contributed by atoms with van der Waals surface area (Å²) in [5, 5.41) is 22.8. The number of ether oxygens (including phenoxy) is 1. The lowest BCUT2D eigenvalue weighted by atomic mass is 10.2. The van der Waals surface area contributed by atoms with Crippen LogP contribution in [0.1, 0.15) is 19.3 Å². The molecule has 7 nitrogen and oxygen atoms in total. The Bertz CT molecular complexity index is 547. The second-order valence-corrected chi connectivity index (χ2v) is 4.84. The molecule has 0 radical (unpaired) electrons. The van der Waals surface area contributed by atoms with Gasteiger partial charge in [-0.25, -0.2) is 4.39 Å². The summed E-state index contributed by atoms with van der Waals surface area (Å²) < 4.78 is 18.2. The number of nitro groups is 1. The molecule has 1 unspecified atom stereocenters. The van der Waals surface area contributed by atoms with Gasteiger partial charge in [0, 0.05) is 12.5 Å². The molecule has 1 aromatic rings. The largest absolute Gasteiger partial charge is 0.487 e. The molecule has 8 heteroatoms. The van der Waals surface area contributed by atoms with Gasteiger partial charge in [0.05, 0.1) is 17.6 Å². The van der Waals surface area contributed by atoms with Crippen molar-refractivity contribution in [3.8, 4) is 5.75 Å². The molecule has 1 saturated carbocycles. The number of benzene rings is 1. The van der Waals surface area contributed by atoms with Crippen molar-refractivity contribution in [1.29, 1.82) is 0 Å². The van der Waals surface area contributed by atoms with Crippen LogP contribution in [0, 0.1) is 15.9 Å². The summed E-state index contributed by atoms with van der Waals surface area (Å²) in [7, 11) is 0. The number of nitro benzene ring substituents is 1. The van der Waals surface area contributed by atoms with Crippen molar-refractivity contribution >= 4 is 11.7 Å². The SMILES string of the molecule is O=C(O)C(CCOc1ccc(F)cc1[N+](=O)[O-])NC1CC1. The van der Waals surface area contributed by atoms with Crippen LogP contribution in [0.25, 0.3) is 0 Å². The molecular formula is C13H15FN2O5. The maximum absolute atomic E-state index is 13.0. The minimum absolute atomic E-state index is 0.0108. The zero-order chi connectivity index (χ0) is 15.4. The number of hydrogen-bond acceptors (Lipinski definition) is 5. The van der Waals surface area contributed by atoms with Crippen LogP contribution in [-0.2, 0) is 4.79 Å². The van der Waals surface area contributed by atoms with Gasteiger partial charge >= 0.3 is 11.7 Å². The van der Waals surface area contributed by atoms with Crippen molar-refractivity contribution in [1.82, 2.24) is 5.32 Å². The predicted octanol–water partition coefficient (Wildman–Crippen LogP) is 1.71. The number of halogens is 1. The van der Waals surface area contributed by atoms with E-state index in [-0.39, 0.29) is 24.8 Å². The zero-order valence-corrected chi connectivity index (χ0v) is 11.1. The van der Waals surface area contributed by atoms with Gasteiger partial charge in [-0.15, -0.1) is 0 Å². The number of carboxylic acid groups (broad SMARTS) is 1. The summed E-state index contributed by atoms with van der Waals surface area (Å²) in [6.07, 6.45) is 2.07. The van der Waals surface area contributed by atoms with Crippen molar-refractivity contribution in [3.63, 3.8) is 0 Å². The van der Waals surface area contributed by atoms with E-state index in [4.69, 9.17) is 9.84 Å². The molecule has 0 amide bonds. The van der Waals surface area contributed by atoms with Crippen LogP contribution in [0.5, 0.6) is 5.75 Å². The molecule has 0 aromatic heterocycles. The molecule has 0 aliphatic heterocycles. The van der Waals surface area contributed by atoms with E-state index < -0.39 is 28.4 Å². The smallest absolute Gasteiger partial charge is 0.320 e. The van der Waals surface area contributed by atoms with Crippen LogP contribution in [0.2, 0.25) is 0 Å². The quantitative estimate of drug-likeness (QED) is 0.559. The lowest BCUT2D eigenvalue weighted by Crippen LogP contribution is -2.39. The maximum Gasteiger partial charge on any atom is 0.320 e. The van der Waals surface area contributed by atoms with Gasteiger partial charge in [0.2, 0.25) is 0 Å². The first-order valence-corrected chi connectivity index (χ1v) is 6.53. The van der Waals surface area contributed by atoms with Crippen molar-refractivity contribution < 1.29 is 24.0 Å². The lowest BCUT2D eigenvalue weighted by molar-refractivity contribution is -0.386. The van der Waals surface area contributed by atoms with Gasteiger partial charge in [0.15, 0.2) is 5.75 Å². The molecular weight excluding hydrogens is 283 g/mol. The van der Waals surface area contributed by atoms with Gasteiger partial charge in [-0.2, -0.15) is 0 Å². The molecule has 0 bridgehead atoms. The predicted molar refractivity (Wildman–Crippen MR) is 70.7 cm³/mol. The Balaban J connectivity index is 1.92. The Morgan fingerprint density at radius 1 is 1.57 bits per heavy atom. The normalized spacial score (nSPS) is 15.5. The van der Waals surface area contributed by atoms with Gasteiger partial charge in [-0.1, -0.05) is 0 Å². The highest BCUT2D eigenvalue weighted by molar-refractivity contribution is 5.73.